The van der Waals surface area contributed by atoms with Crippen LogP contribution in [-0.2, 0) is 0 Å². The first-order valence-electron chi connectivity index (χ1n) is 2.67. The van der Waals surface area contributed by atoms with Gasteiger partial charge in [-0.15, -0.1) is 11.8 Å². The van der Waals surface area contributed by atoms with Gasteiger partial charge in [-0.05, 0) is 6.26 Å². The van der Waals surface area contributed by atoms with Gasteiger partial charge in [-0.3, -0.25) is 4.79 Å². The Morgan fingerprint density at radius 2 is 2.50 bits per heavy atom. The van der Waals surface area contributed by atoms with Crippen molar-refractivity contribution >= 4 is 18.0 Å². The standard InChI is InChI=1S/C6H6N2OS/c1-10-6-5(3-9)2-7-4-8-6/h2-4H,1H3. The summed E-state index contributed by atoms with van der Waals surface area (Å²) >= 11 is 1.44. The quantitative estimate of drug-likeness (QED) is 0.362. The molecule has 0 atom stereocenters. The minimum Gasteiger partial charge on any atom is -0.298 e. The second kappa shape index (κ2) is 3.31. The lowest BCUT2D eigenvalue weighted by Gasteiger charge is -1.94. The number of carbonyl (C=O) groups excluding carboxylic acids is 1. The fraction of sp³-hybridized carbons (Fsp3) is 0.167. The van der Waals surface area contributed by atoms with E-state index in [1.54, 1.807) is 0 Å². The van der Waals surface area contributed by atoms with E-state index in [9.17, 15) is 4.79 Å². The molecule has 0 N–H and O–H groups in total. The van der Waals surface area contributed by atoms with E-state index in [2.05, 4.69) is 9.97 Å². The zero-order chi connectivity index (χ0) is 7.40. The maximum Gasteiger partial charge on any atom is 0.154 e. The van der Waals surface area contributed by atoms with Crippen LogP contribution in [0.3, 0.4) is 0 Å². The highest BCUT2D eigenvalue weighted by Gasteiger charge is 1.98. The van der Waals surface area contributed by atoms with Gasteiger partial charge in [-0.2, -0.15) is 0 Å². The third-order valence-corrected chi connectivity index (χ3v) is 1.75. The first-order chi connectivity index (χ1) is 4.88. The van der Waals surface area contributed by atoms with Crippen molar-refractivity contribution in [2.45, 2.75) is 5.03 Å². The molecule has 1 heterocycles. The van der Waals surface area contributed by atoms with Crippen LogP contribution in [-0.4, -0.2) is 22.5 Å². The molecular weight excluding hydrogens is 148 g/mol. The van der Waals surface area contributed by atoms with Crippen molar-refractivity contribution in [3.63, 3.8) is 0 Å². The van der Waals surface area contributed by atoms with E-state index in [-0.39, 0.29) is 0 Å². The van der Waals surface area contributed by atoms with E-state index in [0.717, 1.165) is 11.3 Å². The van der Waals surface area contributed by atoms with Crippen LogP contribution in [0.5, 0.6) is 0 Å². The lowest BCUT2D eigenvalue weighted by atomic mass is 10.4. The maximum atomic E-state index is 10.3. The third-order valence-electron chi connectivity index (χ3n) is 1.02. The van der Waals surface area contributed by atoms with Crippen LogP contribution >= 0.6 is 11.8 Å². The summed E-state index contributed by atoms with van der Waals surface area (Å²) in [6.07, 6.45) is 5.56. The molecule has 0 unspecified atom stereocenters. The zero-order valence-electron chi connectivity index (χ0n) is 5.44. The Labute approximate surface area is 62.9 Å². The van der Waals surface area contributed by atoms with Crippen molar-refractivity contribution in [3.8, 4) is 0 Å². The fourth-order valence-corrected chi connectivity index (χ4v) is 1.07. The monoisotopic (exact) mass is 154 g/mol. The smallest absolute Gasteiger partial charge is 0.154 e. The second-order valence-corrected chi connectivity index (χ2v) is 2.40. The van der Waals surface area contributed by atoms with Gasteiger partial charge < -0.3 is 0 Å². The normalized spacial score (nSPS) is 9.30. The maximum absolute atomic E-state index is 10.3. The Hall–Kier alpha value is -0.900. The number of nitrogens with zero attached hydrogens (tertiary/aromatic N) is 2. The van der Waals surface area contributed by atoms with Crippen molar-refractivity contribution in [3.05, 3.63) is 18.1 Å². The van der Waals surface area contributed by atoms with Gasteiger partial charge in [0.05, 0.1) is 5.56 Å². The van der Waals surface area contributed by atoms with Crippen LogP contribution in [0, 0.1) is 0 Å². The summed E-state index contributed by atoms with van der Waals surface area (Å²) in [5.74, 6) is 0. The van der Waals surface area contributed by atoms with E-state index >= 15 is 0 Å². The SMILES string of the molecule is CSc1ncncc1C=O. The van der Waals surface area contributed by atoms with Gasteiger partial charge in [0.25, 0.3) is 0 Å². The number of carbonyl (C=O) groups is 1. The van der Waals surface area contributed by atoms with Crippen molar-refractivity contribution in [1.82, 2.24) is 9.97 Å². The summed E-state index contributed by atoms with van der Waals surface area (Å²) < 4.78 is 0. The highest BCUT2D eigenvalue weighted by molar-refractivity contribution is 7.98. The Kier molecular flexibility index (Phi) is 2.39. The first kappa shape index (κ1) is 7.21. The molecule has 0 saturated heterocycles. The molecule has 1 aromatic rings. The molecule has 1 aromatic heterocycles. The molecular formula is C6H6N2OS. The van der Waals surface area contributed by atoms with Gasteiger partial charge in [0.15, 0.2) is 6.29 Å². The van der Waals surface area contributed by atoms with Gasteiger partial charge in [0.1, 0.15) is 11.4 Å². The van der Waals surface area contributed by atoms with Crippen LogP contribution in [0.15, 0.2) is 17.6 Å². The summed E-state index contributed by atoms with van der Waals surface area (Å²) in [4.78, 5) is 17.9. The molecule has 10 heavy (non-hydrogen) atoms. The second-order valence-electron chi connectivity index (χ2n) is 1.61. The molecule has 1 rings (SSSR count). The molecule has 0 saturated carbocycles. The number of aldehydes is 1. The Morgan fingerprint density at radius 3 is 3.00 bits per heavy atom. The van der Waals surface area contributed by atoms with Crippen molar-refractivity contribution < 1.29 is 4.79 Å². The average molecular weight is 154 g/mol. The number of hydrogen-bond donors (Lipinski definition) is 0. The van der Waals surface area contributed by atoms with E-state index < -0.39 is 0 Å². The molecule has 0 spiro atoms. The molecule has 0 amide bonds. The van der Waals surface area contributed by atoms with Gasteiger partial charge >= 0.3 is 0 Å². The highest BCUT2D eigenvalue weighted by atomic mass is 32.2. The van der Waals surface area contributed by atoms with Gasteiger partial charge in [0, 0.05) is 6.20 Å². The highest BCUT2D eigenvalue weighted by Crippen LogP contribution is 2.12. The minimum atomic E-state index is 0.551. The molecule has 52 valence electrons. The molecule has 0 aromatic carbocycles. The van der Waals surface area contributed by atoms with E-state index in [1.165, 1.54) is 24.3 Å². The van der Waals surface area contributed by atoms with Crippen LogP contribution in [0.25, 0.3) is 0 Å². The number of aromatic nitrogens is 2. The van der Waals surface area contributed by atoms with Crippen molar-refractivity contribution in [1.29, 1.82) is 0 Å². The summed E-state index contributed by atoms with van der Waals surface area (Å²) in [6.45, 7) is 0. The number of hydrogen-bond acceptors (Lipinski definition) is 4. The molecule has 0 bridgehead atoms. The zero-order valence-corrected chi connectivity index (χ0v) is 6.26. The minimum absolute atomic E-state index is 0.551. The molecule has 0 aliphatic rings. The predicted octanol–water partition coefficient (Wildman–Crippen LogP) is 1.01. The van der Waals surface area contributed by atoms with Crippen LogP contribution in [0.4, 0.5) is 0 Å². The number of thioether (sulfide) groups is 1. The average Bonchev–Trinajstić information content (AvgIpc) is 2.04. The topological polar surface area (TPSA) is 42.9 Å². The first-order valence-corrected chi connectivity index (χ1v) is 3.90. The Bertz CT molecular complexity index is 239. The van der Waals surface area contributed by atoms with E-state index in [4.69, 9.17) is 0 Å². The summed E-state index contributed by atoms with van der Waals surface area (Å²) in [6, 6.07) is 0. The molecule has 4 heteroatoms. The van der Waals surface area contributed by atoms with E-state index in [1.807, 2.05) is 6.26 Å². The molecule has 0 aliphatic carbocycles. The molecule has 0 fully saturated rings. The summed E-state index contributed by atoms with van der Waals surface area (Å²) in [7, 11) is 0. The largest absolute Gasteiger partial charge is 0.298 e. The summed E-state index contributed by atoms with van der Waals surface area (Å²) in [5, 5.41) is 0.727. The van der Waals surface area contributed by atoms with Crippen LogP contribution < -0.4 is 0 Å². The van der Waals surface area contributed by atoms with Crippen LogP contribution in [0.2, 0.25) is 0 Å². The molecule has 0 aliphatic heterocycles. The van der Waals surface area contributed by atoms with Gasteiger partial charge in [-0.1, -0.05) is 0 Å². The van der Waals surface area contributed by atoms with Crippen LogP contribution in [0.1, 0.15) is 10.4 Å². The lowest BCUT2D eigenvalue weighted by molar-refractivity contribution is 0.112. The van der Waals surface area contributed by atoms with E-state index in [0.29, 0.717) is 5.56 Å². The number of rotatable bonds is 2. The molecule has 3 nitrogen and oxygen atoms in total. The lowest BCUT2D eigenvalue weighted by Crippen LogP contribution is -1.89. The van der Waals surface area contributed by atoms with Gasteiger partial charge in [0.2, 0.25) is 0 Å². The Morgan fingerprint density at radius 1 is 1.70 bits per heavy atom. The summed E-state index contributed by atoms with van der Waals surface area (Å²) in [5.41, 5.74) is 0.551. The van der Waals surface area contributed by atoms with Crippen molar-refractivity contribution in [2.24, 2.45) is 0 Å². The fourth-order valence-electron chi connectivity index (χ4n) is 0.581. The predicted molar refractivity (Wildman–Crippen MR) is 39.2 cm³/mol. The molecule has 0 radical (unpaired) electrons. The third kappa shape index (κ3) is 1.33. The van der Waals surface area contributed by atoms with Crippen molar-refractivity contribution in [2.75, 3.05) is 6.26 Å². The van der Waals surface area contributed by atoms with Gasteiger partial charge in [-0.25, -0.2) is 9.97 Å². The Balaban J connectivity index is 3.08.